The number of halogens is 2. The van der Waals surface area contributed by atoms with E-state index >= 15 is 0 Å². The molecular formula is C16H18F2N4. The van der Waals surface area contributed by atoms with Crippen LogP contribution in [0.5, 0.6) is 0 Å². The Bertz CT molecular complexity index is 707. The lowest BCUT2D eigenvalue weighted by Crippen LogP contribution is -2.16. The molecule has 0 saturated carbocycles. The van der Waals surface area contributed by atoms with Crippen LogP contribution in [0, 0.1) is 39.7 Å². The summed E-state index contributed by atoms with van der Waals surface area (Å²) in [6.45, 7) is 11.4. The molecule has 0 unspecified atom stereocenters. The second-order valence-corrected chi connectivity index (χ2v) is 5.23. The maximum Gasteiger partial charge on any atom is 0.313 e. The highest BCUT2D eigenvalue weighted by Crippen LogP contribution is 2.39. The maximum absolute atomic E-state index is 13.3. The van der Waals surface area contributed by atoms with E-state index in [1.807, 2.05) is 27.7 Å². The van der Waals surface area contributed by atoms with Crippen molar-refractivity contribution in [2.24, 2.45) is 4.99 Å². The molecule has 0 aliphatic carbocycles. The minimum absolute atomic E-state index is 0.161. The number of nitrogens with zero attached hydrogens (tertiary/aromatic N) is 4. The molecule has 1 aromatic carbocycles. The predicted octanol–water partition coefficient (Wildman–Crippen LogP) is 4.09. The van der Waals surface area contributed by atoms with Gasteiger partial charge in [-0.25, -0.2) is 0 Å². The van der Waals surface area contributed by atoms with Crippen molar-refractivity contribution in [3.8, 4) is 0 Å². The zero-order chi connectivity index (χ0) is 16.6. The molecule has 6 heteroatoms. The first-order valence-corrected chi connectivity index (χ1v) is 6.78. The number of hydrogen-bond donors (Lipinski definition) is 0. The van der Waals surface area contributed by atoms with Crippen LogP contribution in [-0.2, 0) is 0 Å². The van der Waals surface area contributed by atoms with Crippen LogP contribution in [0.15, 0.2) is 11.1 Å². The maximum atomic E-state index is 13.3. The lowest BCUT2D eigenvalue weighted by atomic mass is 9.95. The molecule has 0 N–H and O–H groups in total. The minimum Gasteiger partial charge on any atom is -0.329 e. The fraction of sp³-hybridized carbons (Fsp3) is 0.312. The summed E-state index contributed by atoms with van der Waals surface area (Å²) in [5.74, 6) is -0.739. The Hall–Kier alpha value is -2.37. The van der Waals surface area contributed by atoms with Gasteiger partial charge in [0.25, 0.3) is 0 Å². The molecule has 0 aliphatic rings. The molecule has 1 aromatic heterocycles. The fourth-order valence-corrected chi connectivity index (χ4v) is 2.68. The summed E-state index contributed by atoms with van der Waals surface area (Å²) in [5.41, 5.74) is 5.58. The van der Waals surface area contributed by atoms with Gasteiger partial charge < -0.3 is 4.90 Å². The Morgan fingerprint density at radius 2 is 1.55 bits per heavy atom. The lowest BCUT2D eigenvalue weighted by Gasteiger charge is -2.26. The average molecular weight is 304 g/mol. The second kappa shape index (κ2) is 5.79. The molecule has 0 saturated heterocycles. The number of benzene rings is 1. The normalized spacial score (nSPS) is 10.7. The SMILES string of the molecule is C=Nc1c(C)c(C)c(N(C)c2cc(F)nc(F)n2)c(C)c1C. The van der Waals surface area contributed by atoms with Crippen molar-refractivity contribution in [1.29, 1.82) is 0 Å². The van der Waals surface area contributed by atoms with E-state index < -0.39 is 12.0 Å². The number of rotatable bonds is 3. The van der Waals surface area contributed by atoms with E-state index in [1.54, 1.807) is 11.9 Å². The van der Waals surface area contributed by atoms with E-state index in [0.29, 0.717) is 0 Å². The summed E-state index contributed by atoms with van der Waals surface area (Å²) >= 11 is 0. The molecule has 2 aromatic rings. The average Bonchev–Trinajstić information content (AvgIpc) is 2.45. The van der Waals surface area contributed by atoms with Gasteiger partial charge in [-0.15, -0.1) is 0 Å². The van der Waals surface area contributed by atoms with Crippen molar-refractivity contribution < 1.29 is 8.78 Å². The molecule has 0 fully saturated rings. The number of aromatic nitrogens is 2. The van der Waals surface area contributed by atoms with Crippen LogP contribution < -0.4 is 4.90 Å². The first-order chi connectivity index (χ1) is 10.3. The molecule has 1 heterocycles. The molecule has 4 nitrogen and oxygen atoms in total. The highest BCUT2D eigenvalue weighted by molar-refractivity contribution is 5.76. The zero-order valence-corrected chi connectivity index (χ0v) is 13.3. The van der Waals surface area contributed by atoms with Crippen LogP contribution in [0.4, 0.5) is 26.0 Å². The van der Waals surface area contributed by atoms with Crippen LogP contribution >= 0.6 is 0 Å². The summed E-state index contributed by atoms with van der Waals surface area (Å²) in [4.78, 5) is 12.4. The molecule has 2 rings (SSSR count). The van der Waals surface area contributed by atoms with Gasteiger partial charge in [0.2, 0.25) is 5.95 Å². The molecule has 0 bridgehead atoms. The van der Waals surface area contributed by atoms with Crippen molar-refractivity contribution in [2.45, 2.75) is 27.7 Å². The van der Waals surface area contributed by atoms with Crippen molar-refractivity contribution in [1.82, 2.24) is 9.97 Å². The van der Waals surface area contributed by atoms with Gasteiger partial charge in [-0.05, 0) is 56.7 Å². The summed E-state index contributed by atoms with van der Waals surface area (Å²) in [6, 6.07) is 1.10. The number of aliphatic imine (C=N–C) groups is 1. The Kier molecular flexibility index (Phi) is 4.21. The van der Waals surface area contributed by atoms with Crippen molar-refractivity contribution >= 4 is 23.9 Å². The van der Waals surface area contributed by atoms with Crippen molar-refractivity contribution in [3.05, 3.63) is 40.3 Å². The third-order valence-corrected chi connectivity index (χ3v) is 4.04. The Labute approximate surface area is 128 Å². The molecule has 0 radical (unpaired) electrons. The number of anilines is 2. The third kappa shape index (κ3) is 2.56. The van der Waals surface area contributed by atoms with E-state index in [2.05, 4.69) is 21.7 Å². The van der Waals surface area contributed by atoms with Gasteiger partial charge in [-0.3, -0.25) is 4.99 Å². The van der Waals surface area contributed by atoms with Crippen molar-refractivity contribution in [3.63, 3.8) is 0 Å². The first-order valence-electron chi connectivity index (χ1n) is 6.78. The van der Waals surface area contributed by atoms with E-state index in [9.17, 15) is 8.78 Å². The van der Waals surface area contributed by atoms with E-state index in [-0.39, 0.29) is 5.82 Å². The molecule has 0 spiro atoms. The fourth-order valence-electron chi connectivity index (χ4n) is 2.68. The molecule has 0 amide bonds. The highest BCUT2D eigenvalue weighted by atomic mass is 19.1. The number of hydrogen-bond acceptors (Lipinski definition) is 4. The van der Waals surface area contributed by atoms with Gasteiger partial charge in [0, 0.05) is 18.8 Å². The molecule has 116 valence electrons. The Balaban J connectivity index is 2.69. The standard InChI is InChI=1S/C16H18F2N4/c1-8-10(3)15(11(4)9(2)14(8)19-5)22(6)13-7-12(17)20-16(18)21-13/h7H,5H2,1-4,6H3. The van der Waals surface area contributed by atoms with Crippen molar-refractivity contribution in [2.75, 3.05) is 11.9 Å². The smallest absolute Gasteiger partial charge is 0.313 e. The predicted molar refractivity (Wildman–Crippen MR) is 84.6 cm³/mol. The van der Waals surface area contributed by atoms with Crippen LogP contribution in [-0.4, -0.2) is 23.7 Å². The lowest BCUT2D eigenvalue weighted by molar-refractivity contribution is 0.483. The third-order valence-electron chi connectivity index (χ3n) is 4.04. The first kappa shape index (κ1) is 16.0. The minimum atomic E-state index is -1.09. The van der Waals surface area contributed by atoms with Gasteiger partial charge in [-0.1, -0.05) is 0 Å². The highest BCUT2D eigenvalue weighted by Gasteiger charge is 2.19. The van der Waals surface area contributed by atoms with Crippen LogP contribution in [0.3, 0.4) is 0 Å². The van der Waals surface area contributed by atoms with Crippen LogP contribution in [0.2, 0.25) is 0 Å². The van der Waals surface area contributed by atoms with E-state index in [0.717, 1.165) is 39.7 Å². The summed E-state index contributed by atoms with van der Waals surface area (Å²) in [7, 11) is 1.72. The molecule has 22 heavy (non-hydrogen) atoms. The van der Waals surface area contributed by atoms with Gasteiger partial charge in [-0.2, -0.15) is 18.7 Å². The molecule has 0 aliphatic heterocycles. The monoisotopic (exact) mass is 304 g/mol. The topological polar surface area (TPSA) is 41.4 Å². The van der Waals surface area contributed by atoms with E-state index in [4.69, 9.17) is 0 Å². The summed E-state index contributed by atoms with van der Waals surface area (Å²) in [6.07, 6.45) is -1.09. The van der Waals surface area contributed by atoms with Crippen LogP contribution in [0.25, 0.3) is 0 Å². The van der Waals surface area contributed by atoms with E-state index in [1.165, 1.54) is 0 Å². The Morgan fingerprint density at radius 1 is 1.00 bits per heavy atom. The van der Waals surface area contributed by atoms with Gasteiger partial charge in [0.1, 0.15) is 5.82 Å². The summed E-state index contributed by atoms with van der Waals surface area (Å²) < 4.78 is 26.6. The van der Waals surface area contributed by atoms with Crippen LogP contribution in [0.1, 0.15) is 22.3 Å². The van der Waals surface area contributed by atoms with Gasteiger partial charge >= 0.3 is 6.08 Å². The van der Waals surface area contributed by atoms with Gasteiger partial charge in [0.05, 0.1) is 5.69 Å². The molecule has 0 atom stereocenters. The largest absolute Gasteiger partial charge is 0.329 e. The Morgan fingerprint density at radius 3 is 2.00 bits per heavy atom. The molecular weight excluding hydrogens is 286 g/mol. The second-order valence-electron chi connectivity index (χ2n) is 5.23. The summed E-state index contributed by atoms with van der Waals surface area (Å²) in [5, 5.41) is 0. The quantitative estimate of drug-likeness (QED) is 0.487. The zero-order valence-electron chi connectivity index (χ0n) is 13.3. The van der Waals surface area contributed by atoms with Gasteiger partial charge in [0.15, 0.2) is 0 Å².